The van der Waals surface area contributed by atoms with Crippen LogP contribution < -0.4 is 0 Å². The van der Waals surface area contributed by atoms with Crippen LogP contribution in [0.25, 0.3) is 0 Å². The molecule has 0 aromatic heterocycles. The maximum atomic E-state index is 5.85. The Hall–Kier alpha value is 0.0499. The Balaban J connectivity index is 0.000000131. The van der Waals surface area contributed by atoms with Gasteiger partial charge in [-0.25, -0.2) is 0 Å². The number of rotatable bonds is 2. The van der Waals surface area contributed by atoms with Gasteiger partial charge in [0.1, 0.15) is 15.7 Å². The highest BCUT2D eigenvalue weighted by Crippen LogP contribution is 2.53. The molecule has 2 nitrogen and oxygen atoms in total. The first-order valence-corrected chi connectivity index (χ1v) is 9.26. The van der Waals surface area contributed by atoms with E-state index in [0.29, 0.717) is 23.7 Å². The zero-order valence-electron chi connectivity index (χ0n) is 14.7. The summed E-state index contributed by atoms with van der Waals surface area (Å²) in [7, 11) is 11.7. The summed E-state index contributed by atoms with van der Waals surface area (Å²) in [6, 6.07) is 0.0531. The minimum atomic E-state index is 0.0266. The largest absolute Gasteiger partial charge is 0.381 e. The summed E-state index contributed by atoms with van der Waals surface area (Å²) in [5, 5.41) is 0. The first kappa shape index (κ1) is 16.9. The Morgan fingerprint density at radius 3 is 1.32 bits per heavy atom. The van der Waals surface area contributed by atoms with Crippen molar-refractivity contribution in [1.82, 2.24) is 0 Å². The maximum absolute atomic E-state index is 5.85. The lowest BCUT2D eigenvalue weighted by molar-refractivity contribution is -0.0491. The van der Waals surface area contributed by atoms with Crippen LogP contribution >= 0.6 is 0 Å². The van der Waals surface area contributed by atoms with Gasteiger partial charge in [0.15, 0.2) is 0 Å². The molecule has 0 aromatic carbocycles. The van der Waals surface area contributed by atoms with Crippen LogP contribution in [0.4, 0.5) is 0 Å². The molecule has 4 bridgehead atoms. The van der Waals surface area contributed by atoms with Gasteiger partial charge in [-0.1, -0.05) is 27.7 Å². The predicted molar refractivity (Wildman–Crippen MR) is 91.1 cm³/mol. The first-order valence-electron chi connectivity index (χ1n) is 9.26. The van der Waals surface area contributed by atoms with Crippen LogP contribution in [0.5, 0.6) is 0 Å². The van der Waals surface area contributed by atoms with Gasteiger partial charge in [0, 0.05) is 12.0 Å². The number of ether oxygens (including phenoxy) is 2. The molecule has 2 aliphatic carbocycles. The normalized spacial score (nSPS) is 55.3. The third-order valence-corrected chi connectivity index (χ3v) is 7.53. The Bertz CT molecular complexity index is 380. The standard InChI is InChI=1S/2C9H15BO/c2*1-3-9-5-4-7(6(9)2)8(10)11-9/h2*6-8H,3-5H2,1-2H3/t6?,7?,8-,9+;6-,7?,8+,9+/m10/s1. The van der Waals surface area contributed by atoms with Gasteiger partial charge >= 0.3 is 0 Å². The molecule has 0 aromatic rings. The highest BCUT2D eigenvalue weighted by Gasteiger charge is 2.55. The van der Waals surface area contributed by atoms with E-state index in [1.54, 1.807) is 0 Å². The smallest absolute Gasteiger partial charge is 0.109 e. The highest BCUT2D eigenvalue weighted by molar-refractivity contribution is 6.11. The van der Waals surface area contributed by atoms with E-state index >= 15 is 0 Å². The zero-order chi connectivity index (χ0) is 16.1. The molecule has 0 N–H and O–H groups in total. The summed E-state index contributed by atoms with van der Waals surface area (Å²) in [5.74, 6) is 2.63. The molecular weight excluding hydrogens is 270 g/mol. The van der Waals surface area contributed by atoms with E-state index in [2.05, 4.69) is 27.7 Å². The summed E-state index contributed by atoms with van der Waals surface area (Å²) < 4.78 is 11.6. The quantitative estimate of drug-likeness (QED) is 0.728. The molecule has 4 radical (unpaired) electrons. The summed E-state index contributed by atoms with van der Waals surface area (Å²) in [4.78, 5) is 0. The molecule has 2 aliphatic heterocycles. The summed E-state index contributed by atoms with van der Waals surface area (Å²) >= 11 is 0. The fraction of sp³-hybridized carbons (Fsp3) is 1.00. The third kappa shape index (κ3) is 2.32. The van der Waals surface area contributed by atoms with Gasteiger partial charge < -0.3 is 9.47 Å². The summed E-state index contributed by atoms with van der Waals surface area (Å²) in [6.45, 7) is 8.98. The number of hydrogen-bond acceptors (Lipinski definition) is 2. The average Bonchev–Trinajstić information content (AvgIpc) is 3.15. The molecule has 2 heterocycles. The van der Waals surface area contributed by atoms with Crippen molar-refractivity contribution in [1.29, 1.82) is 0 Å². The Kier molecular flexibility index (Phi) is 4.49. The van der Waals surface area contributed by atoms with Crippen LogP contribution in [-0.4, -0.2) is 38.9 Å². The van der Waals surface area contributed by atoms with Crippen LogP contribution in [0.3, 0.4) is 0 Å². The van der Waals surface area contributed by atoms with Crippen molar-refractivity contribution in [3.05, 3.63) is 0 Å². The van der Waals surface area contributed by atoms with E-state index in [1.807, 2.05) is 0 Å². The maximum Gasteiger partial charge on any atom is 0.109 e. The van der Waals surface area contributed by atoms with Crippen LogP contribution in [0, 0.1) is 23.7 Å². The van der Waals surface area contributed by atoms with Gasteiger partial charge in [-0.15, -0.1) is 0 Å². The van der Waals surface area contributed by atoms with E-state index < -0.39 is 0 Å². The van der Waals surface area contributed by atoms with Crippen molar-refractivity contribution in [3.8, 4) is 0 Å². The molecule has 22 heavy (non-hydrogen) atoms. The SMILES string of the molecule is [B][C@@H]1O[C@@]2(CC)CCC1C2C.[B][C@@H]1O[C@]2(CC)CCC1[C@@H]2C. The second-order valence-electron chi connectivity index (χ2n) is 7.98. The van der Waals surface area contributed by atoms with Gasteiger partial charge in [0.05, 0.1) is 11.2 Å². The minimum absolute atomic E-state index is 0.0266. The van der Waals surface area contributed by atoms with Crippen molar-refractivity contribution < 1.29 is 9.47 Å². The van der Waals surface area contributed by atoms with Crippen LogP contribution in [0.1, 0.15) is 66.2 Å². The van der Waals surface area contributed by atoms with Crippen LogP contribution in [0.2, 0.25) is 0 Å². The van der Waals surface area contributed by atoms with Crippen LogP contribution in [-0.2, 0) is 9.47 Å². The minimum Gasteiger partial charge on any atom is -0.381 e. The number of hydrogen-bond donors (Lipinski definition) is 0. The number of fused-ring (bicyclic) bond motifs is 4. The van der Waals surface area contributed by atoms with Gasteiger partial charge in [0.2, 0.25) is 0 Å². The lowest BCUT2D eigenvalue weighted by Gasteiger charge is -2.30. The topological polar surface area (TPSA) is 18.5 Å². The Morgan fingerprint density at radius 2 is 1.18 bits per heavy atom. The molecule has 2 saturated carbocycles. The van der Waals surface area contributed by atoms with Gasteiger partial charge in [-0.2, -0.15) is 0 Å². The van der Waals surface area contributed by atoms with Crippen molar-refractivity contribution in [2.45, 2.75) is 89.4 Å². The molecule has 120 valence electrons. The monoisotopic (exact) mass is 300 g/mol. The average molecular weight is 300 g/mol. The molecule has 0 spiro atoms. The molecule has 3 unspecified atom stereocenters. The van der Waals surface area contributed by atoms with E-state index in [-0.39, 0.29) is 23.2 Å². The highest BCUT2D eigenvalue weighted by atomic mass is 16.5. The molecule has 0 amide bonds. The fourth-order valence-electron chi connectivity index (χ4n) is 5.67. The fourth-order valence-corrected chi connectivity index (χ4v) is 5.67. The van der Waals surface area contributed by atoms with Crippen LogP contribution in [0.15, 0.2) is 0 Å². The molecule has 8 atom stereocenters. The Labute approximate surface area is 138 Å². The van der Waals surface area contributed by atoms with E-state index in [4.69, 9.17) is 25.2 Å². The summed E-state index contributed by atoms with van der Waals surface area (Å²) in [6.07, 6.45) is 7.25. The predicted octanol–water partition coefficient (Wildman–Crippen LogP) is 3.41. The second-order valence-corrected chi connectivity index (χ2v) is 7.98. The Morgan fingerprint density at radius 1 is 0.818 bits per heavy atom. The molecule has 4 fully saturated rings. The molecule has 4 rings (SSSR count). The second kappa shape index (κ2) is 5.84. The van der Waals surface area contributed by atoms with Crippen molar-refractivity contribution in [2.75, 3.05) is 0 Å². The summed E-state index contributed by atoms with van der Waals surface area (Å²) in [5.41, 5.74) is 0.314. The van der Waals surface area contributed by atoms with Gasteiger partial charge in [0.25, 0.3) is 0 Å². The van der Waals surface area contributed by atoms with Crippen molar-refractivity contribution in [2.24, 2.45) is 23.7 Å². The molecular formula is C18H30B2O2. The first-order chi connectivity index (χ1) is 10.4. The van der Waals surface area contributed by atoms with Crippen molar-refractivity contribution >= 4 is 15.7 Å². The lowest BCUT2D eigenvalue weighted by atomic mass is 9.81. The molecule has 4 aliphatic rings. The van der Waals surface area contributed by atoms with Crippen molar-refractivity contribution in [3.63, 3.8) is 0 Å². The zero-order valence-corrected chi connectivity index (χ0v) is 14.7. The van der Waals surface area contributed by atoms with Gasteiger partial charge in [-0.3, -0.25) is 0 Å². The van der Waals surface area contributed by atoms with Gasteiger partial charge in [-0.05, 0) is 62.2 Å². The molecule has 2 saturated heterocycles. The van der Waals surface area contributed by atoms with E-state index in [9.17, 15) is 0 Å². The third-order valence-electron chi connectivity index (χ3n) is 7.53. The van der Waals surface area contributed by atoms with E-state index in [1.165, 1.54) is 25.7 Å². The lowest BCUT2D eigenvalue weighted by Crippen LogP contribution is -2.32. The molecule has 4 heteroatoms. The van der Waals surface area contributed by atoms with E-state index in [0.717, 1.165) is 12.8 Å².